The number of hydrogen-bond acceptors (Lipinski definition) is 4. The number of hydrogen-bond donors (Lipinski definition) is 2. The molecule has 1 aromatic rings. The summed E-state index contributed by atoms with van der Waals surface area (Å²) in [7, 11) is 1.33. The number of benzene rings is 1. The molecule has 1 fully saturated rings. The van der Waals surface area contributed by atoms with E-state index in [-0.39, 0.29) is 11.9 Å². The van der Waals surface area contributed by atoms with Crippen LogP contribution < -0.4 is 16.0 Å². The number of nitrogens with two attached hydrogens (primary N) is 1. The molecule has 0 radical (unpaired) electrons. The minimum absolute atomic E-state index is 0.0295. The van der Waals surface area contributed by atoms with E-state index in [1.165, 1.54) is 19.2 Å². The van der Waals surface area contributed by atoms with Gasteiger partial charge >= 0.3 is 6.09 Å². The van der Waals surface area contributed by atoms with Crippen molar-refractivity contribution in [3.05, 3.63) is 24.0 Å². The van der Waals surface area contributed by atoms with Gasteiger partial charge in [0.2, 0.25) is 0 Å². The van der Waals surface area contributed by atoms with Gasteiger partial charge in [-0.3, -0.25) is 0 Å². The van der Waals surface area contributed by atoms with Gasteiger partial charge in [0.05, 0.1) is 24.5 Å². The molecule has 6 heteroatoms. The maximum atomic E-state index is 13.0. The number of ether oxygens (including phenoxy) is 1. The Bertz CT molecular complexity index is 453. The lowest BCUT2D eigenvalue weighted by molar-refractivity contribution is 0.167. The summed E-state index contributed by atoms with van der Waals surface area (Å²) in [4.78, 5) is 13.1. The molecule has 1 amide bonds. The van der Waals surface area contributed by atoms with Crippen molar-refractivity contribution in [1.29, 1.82) is 0 Å². The van der Waals surface area contributed by atoms with Crippen LogP contribution in [-0.2, 0) is 4.74 Å². The number of amides is 1. The molecule has 1 unspecified atom stereocenters. The van der Waals surface area contributed by atoms with Crippen LogP contribution in [0.5, 0.6) is 0 Å². The van der Waals surface area contributed by atoms with Gasteiger partial charge in [-0.05, 0) is 24.6 Å². The number of carbonyl (C=O) groups is 1. The molecular formula is C12H16FN3O2. The van der Waals surface area contributed by atoms with E-state index >= 15 is 0 Å². The molecule has 0 aromatic heterocycles. The normalized spacial score (nSPS) is 18.8. The van der Waals surface area contributed by atoms with Crippen molar-refractivity contribution >= 4 is 17.5 Å². The number of nitrogen functional groups attached to an aromatic ring is 1. The molecule has 18 heavy (non-hydrogen) atoms. The van der Waals surface area contributed by atoms with E-state index < -0.39 is 6.09 Å². The van der Waals surface area contributed by atoms with Gasteiger partial charge in [-0.15, -0.1) is 0 Å². The zero-order valence-corrected chi connectivity index (χ0v) is 10.1. The van der Waals surface area contributed by atoms with Crippen LogP contribution >= 0.6 is 0 Å². The third kappa shape index (κ3) is 2.64. The second kappa shape index (κ2) is 5.12. The number of nitrogens with zero attached hydrogens (tertiary/aromatic N) is 1. The minimum Gasteiger partial charge on any atom is -0.453 e. The van der Waals surface area contributed by atoms with Crippen molar-refractivity contribution in [3.63, 3.8) is 0 Å². The third-order valence-electron chi connectivity index (χ3n) is 3.03. The summed E-state index contributed by atoms with van der Waals surface area (Å²) in [6.07, 6.45) is 0.375. The highest BCUT2D eigenvalue weighted by Gasteiger charge is 2.25. The Morgan fingerprint density at radius 2 is 2.39 bits per heavy atom. The van der Waals surface area contributed by atoms with E-state index in [2.05, 4.69) is 10.1 Å². The van der Waals surface area contributed by atoms with Gasteiger partial charge in [-0.2, -0.15) is 0 Å². The van der Waals surface area contributed by atoms with Crippen LogP contribution in [0.15, 0.2) is 18.2 Å². The molecule has 2 rings (SSSR count). The summed E-state index contributed by atoms with van der Waals surface area (Å²) in [6.45, 7) is 1.41. The Morgan fingerprint density at radius 3 is 3.06 bits per heavy atom. The fourth-order valence-corrected chi connectivity index (χ4v) is 2.14. The maximum absolute atomic E-state index is 13.0. The van der Waals surface area contributed by atoms with Crippen LogP contribution in [0.3, 0.4) is 0 Å². The molecular weight excluding hydrogens is 237 g/mol. The summed E-state index contributed by atoms with van der Waals surface area (Å²) < 4.78 is 17.5. The molecule has 98 valence electrons. The van der Waals surface area contributed by atoms with Crippen LogP contribution in [0.4, 0.5) is 20.6 Å². The van der Waals surface area contributed by atoms with Crippen LogP contribution in [0.1, 0.15) is 6.42 Å². The van der Waals surface area contributed by atoms with E-state index in [1.807, 2.05) is 4.90 Å². The molecule has 1 aromatic carbocycles. The predicted molar refractivity (Wildman–Crippen MR) is 67.0 cm³/mol. The number of alkyl carbamates (subject to hydrolysis) is 1. The highest BCUT2D eigenvalue weighted by molar-refractivity contribution is 5.69. The molecule has 5 nitrogen and oxygen atoms in total. The number of rotatable bonds is 2. The first kappa shape index (κ1) is 12.5. The SMILES string of the molecule is COC(=O)NC1CCN(c2ccc(F)cc2N)C1. The standard InChI is InChI=1S/C12H16FN3O2/c1-18-12(17)15-9-4-5-16(7-9)11-3-2-8(13)6-10(11)14/h2-3,6,9H,4-5,7,14H2,1H3,(H,15,17). The minimum atomic E-state index is -0.436. The van der Waals surface area contributed by atoms with Gasteiger partial charge in [0.25, 0.3) is 0 Å². The average Bonchev–Trinajstić information content (AvgIpc) is 2.77. The molecule has 1 heterocycles. The van der Waals surface area contributed by atoms with Crippen LogP contribution in [0.25, 0.3) is 0 Å². The van der Waals surface area contributed by atoms with Crippen LogP contribution in [0, 0.1) is 5.82 Å². The first-order valence-corrected chi connectivity index (χ1v) is 5.74. The van der Waals surface area contributed by atoms with Crippen molar-refractivity contribution in [1.82, 2.24) is 5.32 Å². The molecule has 1 atom stereocenters. The lowest BCUT2D eigenvalue weighted by Gasteiger charge is -2.20. The first-order chi connectivity index (χ1) is 8.60. The van der Waals surface area contributed by atoms with E-state index in [9.17, 15) is 9.18 Å². The topological polar surface area (TPSA) is 67.6 Å². The molecule has 0 spiro atoms. The molecule has 1 aliphatic heterocycles. The fourth-order valence-electron chi connectivity index (χ4n) is 2.14. The van der Waals surface area contributed by atoms with Gasteiger partial charge in [0, 0.05) is 13.1 Å². The predicted octanol–water partition coefficient (Wildman–Crippen LogP) is 1.34. The van der Waals surface area contributed by atoms with Crippen molar-refractivity contribution < 1.29 is 13.9 Å². The van der Waals surface area contributed by atoms with Crippen molar-refractivity contribution in [3.8, 4) is 0 Å². The molecule has 0 saturated carbocycles. The number of nitrogens with one attached hydrogen (secondary N) is 1. The number of methoxy groups -OCH3 is 1. The van der Waals surface area contributed by atoms with Gasteiger partial charge in [-0.1, -0.05) is 0 Å². The van der Waals surface area contributed by atoms with Crippen LogP contribution in [0.2, 0.25) is 0 Å². The Labute approximate surface area is 105 Å². The summed E-state index contributed by atoms with van der Waals surface area (Å²) in [5.41, 5.74) is 6.99. The number of anilines is 2. The summed E-state index contributed by atoms with van der Waals surface area (Å²) >= 11 is 0. The second-order valence-electron chi connectivity index (χ2n) is 4.27. The third-order valence-corrected chi connectivity index (χ3v) is 3.03. The average molecular weight is 253 g/mol. The Kier molecular flexibility index (Phi) is 3.55. The Balaban J connectivity index is 2.02. The quantitative estimate of drug-likeness (QED) is 0.780. The Hall–Kier alpha value is -1.98. The Morgan fingerprint density at radius 1 is 1.61 bits per heavy atom. The zero-order valence-electron chi connectivity index (χ0n) is 10.1. The lowest BCUT2D eigenvalue weighted by atomic mass is 10.2. The second-order valence-corrected chi connectivity index (χ2v) is 4.27. The molecule has 1 saturated heterocycles. The van der Waals surface area contributed by atoms with E-state index in [4.69, 9.17) is 5.73 Å². The van der Waals surface area contributed by atoms with Gasteiger partial charge in [-0.25, -0.2) is 9.18 Å². The van der Waals surface area contributed by atoms with E-state index in [1.54, 1.807) is 6.07 Å². The zero-order chi connectivity index (χ0) is 13.1. The molecule has 3 N–H and O–H groups in total. The fraction of sp³-hybridized carbons (Fsp3) is 0.417. The van der Waals surface area contributed by atoms with Crippen molar-refractivity contribution in [2.75, 3.05) is 30.8 Å². The monoisotopic (exact) mass is 253 g/mol. The molecule has 1 aliphatic rings. The van der Waals surface area contributed by atoms with Crippen molar-refractivity contribution in [2.45, 2.75) is 12.5 Å². The lowest BCUT2D eigenvalue weighted by Crippen LogP contribution is -2.37. The largest absolute Gasteiger partial charge is 0.453 e. The van der Waals surface area contributed by atoms with Crippen LogP contribution in [-0.4, -0.2) is 32.3 Å². The maximum Gasteiger partial charge on any atom is 0.407 e. The molecule has 0 bridgehead atoms. The van der Waals surface area contributed by atoms with Gasteiger partial charge < -0.3 is 20.7 Å². The molecule has 0 aliphatic carbocycles. The van der Waals surface area contributed by atoms with E-state index in [0.29, 0.717) is 12.2 Å². The van der Waals surface area contributed by atoms with Gasteiger partial charge in [0.1, 0.15) is 5.82 Å². The highest BCUT2D eigenvalue weighted by atomic mass is 19.1. The summed E-state index contributed by atoms with van der Waals surface area (Å²) in [5.74, 6) is -0.348. The first-order valence-electron chi connectivity index (χ1n) is 5.74. The summed E-state index contributed by atoms with van der Waals surface area (Å²) in [6, 6.07) is 4.37. The summed E-state index contributed by atoms with van der Waals surface area (Å²) in [5, 5.41) is 2.74. The van der Waals surface area contributed by atoms with E-state index in [0.717, 1.165) is 18.7 Å². The number of carbonyl (C=O) groups excluding carboxylic acids is 1. The van der Waals surface area contributed by atoms with Crippen molar-refractivity contribution in [2.24, 2.45) is 0 Å². The van der Waals surface area contributed by atoms with Gasteiger partial charge in [0.15, 0.2) is 0 Å². The smallest absolute Gasteiger partial charge is 0.407 e. The highest BCUT2D eigenvalue weighted by Crippen LogP contribution is 2.27. The number of halogens is 1.